The van der Waals surface area contributed by atoms with E-state index in [1.165, 1.54) is 23.2 Å². The molecule has 2 aromatic heterocycles. The summed E-state index contributed by atoms with van der Waals surface area (Å²) < 4.78 is 75.4. The number of benzene rings is 1. The van der Waals surface area contributed by atoms with Crippen molar-refractivity contribution in [1.82, 2.24) is 24.6 Å². The maximum Gasteiger partial charge on any atom is 0.419 e. The molecule has 1 fully saturated rings. The summed E-state index contributed by atoms with van der Waals surface area (Å²) in [6, 6.07) is 3.75. The Kier molecular flexibility index (Phi) is 4.69. The highest BCUT2D eigenvalue weighted by Gasteiger charge is 2.45. The van der Waals surface area contributed by atoms with Gasteiger partial charge in [-0.25, -0.2) is 13.8 Å². The molecule has 5 rings (SSSR count). The maximum absolute atomic E-state index is 14.6. The maximum atomic E-state index is 14.6. The van der Waals surface area contributed by atoms with E-state index >= 15 is 0 Å². The number of nitrogens with zero attached hydrogens (tertiary/aromatic N) is 5. The zero-order valence-corrected chi connectivity index (χ0v) is 16.2. The first kappa shape index (κ1) is 20.5. The molecule has 166 valence electrons. The molecule has 0 unspecified atom stereocenters. The SMILES string of the molecule is O=C(c1cccc(C(F)(F)F)c1F)N1[C@H]2COC[C@@H]1c1nnc(-c3ncccc3F)n1C2. The molecule has 2 aliphatic rings. The van der Waals surface area contributed by atoms with Gasteiger partial charge in [0.25, 0.3) is 5.91 Å². The van der Waals surface area contributed by atoms with Gasteiger partial charge in [0.15, 0.2) is 17.5 Å². The molecule has 7 nitrogen and oxygen atoms in total. The van der Waals surface area contributed by atoms with Gasteiger partial charge >= 0.3 is 6.18 Å². The molecule has 4 heterocycles. The van der Waals surface area contributed by atoms with Crippen molar-refractivity contribution in [2.75, 3.05) is 13.2 Å². The molecule has 1 amide bonds. The van der Waals surface area contributed by atoms with Gasteiger partial charge in [-0.05, 0) is 24.3 Å². The Morgan fingerprint density at radius 2 is 1.91 bits per heavy atom. The number of aromatic nitrogens is 4. The monoisotopic (exact) mass is 451 g/mol. The summed E-state index contributed by atoms with van der Waals surface area (Å²) in [5.41, 5.74) is -2.23. The number of ether oxygens (including phenoxy) is 1. The number of hydrogen-bond donors (Lipinski definition) is 0. The van der Waals surface area contributed by atoms with Crippen LogP contribution in [0.1, 0.15) is 27.8 Å². The highest BCUT2D eigenvalue weighted by atomic mass is 19.4. The Bertz CT molecular complexity index is 1210. The molecule has 0 saturated carbocycles. The van der Waals surface area contributed by atoms with Crippen molar-refractivity contribution >= 4 is 5.91 Å². The van der Waals surface area contributed by atoms with Crippen LogP contribution in [0.5, 0.6) is 0 Å². The molecule has 1 aromatic carbocycles. The second-order valence-corrected chi connectivity index (χ2v) is 7.41. The fourth-order valence-electron chi connectivity index (χ4n) is 4.11. The smallest absolute Gasteiger partial charge is 0.377 e. The minimum absolute atomic E-state index is 0.0195. The van der Waals surface area contributed by atoms with Crippen LogP contribution >= 0.6 is 0 Å². The van der Waals surface area contributed by atoms with E-state index in [9.17, 15) is 26.7 Å². The average molecular weight is 451 g/mol. The normalized spacial score (nSPS) is 20.2. The van der Waals surface area contributed by atoms with E-state index in [1.54, 1.807) is 4.57 Å². The van der Waals surface area contributed by atoms with Crippen LogP contribution in [-0.4, -0.2) is 49.8 Å². The van der Waals surface area contributed by atoms with E-state index in [4.69, 9.17) is 4.74 Å². The van der Waals surface area contributed by atoms with Crippen LogP contribution in [0.2, 0.25) is 0 Å². The summed E-state index contributed by atoms with van der Waals surface area (Å²) in [6.45, 7) is 0.118. The van der Waals surface area contributed by atoms with Crippen LogP contribution in [0.25, 0.3) is 11.5 Å². The molecule has 0 N–H and O–H groups in total. The number of rotatable bonds is 2. The van der Waals surface area contributed by atoms with Gasteiger partial charge in [0.1, 0.15) is 17.6 Å². The minimum atomic E-state index is -4.94. The molecule has 2 bridgehead atoms. The van der Waals surface area contributed by atoms with Gasteiger partial charge in [-0.15, -0.1) is 10.2 Å². The zero-order valence-electron chi connectivity index (χ0n) is 16.2. The van der Waals surface area contributed by atoms with Crippen molar-refractivity contribution < 1.29 is 31.5 Å². The topological polar surface area (TPSA) is 73.1 Å². The molecule has 2 aliphatic heterocycles. The van der Waals surface area contributed by atoms with E-state index in [-0.39, 0.29) is 37.1 Å². The molecule has 12 heteroatoms. The Morgan fingerprint density at radius 1 is 1.09 bits per heavy atom. The van der Waals surface area contributed by atoms with Crippen molar-refractivity contribution in [3.63, 3.8) is 0 Å². The molecule has 2 atom stereocenters. The van der Waals surface area contributed by atoms with E-state index in [1.807, 2.05) is 0 Å². The fourth-order valence-corrected chi connectivity index (χ4v) is 4.11. The van der Waals surface area contributed by atoms with E-state index in [2.05, 4.69) is 15.2 Å². The van der Waals surface area contributed by atoms with E-state index < -0.39 is 46.9 Å². The largest absolute Gasteiger partial charge is 0.419 e. The lowest BCUT2D eigenvalue weighted by molar-refractivity contribution is -0.140. The molecule has 0 aliphatic carbocycles. The van der Waals surface area contributed by atoms with Crippen LogP contribution in [0.4, 0.5) is 22.0 Å². The summed E-state index contributed by atoms with van der Waals surface area (Å²) in [5.74, 6) is -2.73. The zero-order chi connectivity index (χ0) is 22.6. The van der Waals surface area contributed by atoms with Gasteiger partial charge in [-0.1, -0.05) is 6.07 Å². The Morgan fingerprint density at radius 3 is 2.66 bits per heavy atom. The summed E-state index contributed by atoms with van der Waals surface area (Å²) in [7, 11) is 0. The van der Waals surface area contributed by atoms with Crippen molar-refractivity contribution in [2.24, 2.45) is 0 Å². The number of carbonyl (C=O) groups excluding carboxylic acids is 1. The van der Waals surface area contributed by atoms with Gasteiger partial charge in [0.05, 0.1) is 30.4 Å². The van der Waals surface area contributed by atoms with E-state index in [0.29, 0.717) is 6.07 Å². The van der Waals surface area contributed by atoms with Crippen LogP contribution in [0.3, 0.4) is 0 Å². The van der Waals surface area contributed by atoms with Gasteiger partial charge in [-0.2, -0.15) is 13.2 Å². The second kappa shape index (κ2) is 7.33. The molecule has 32 heavy (non-hydrogen) atoms. The Labute approximate surface area is 177 Å². The summed E-state index contributed by atoms with van der Waals surface area (Å²) >= 11 is 0. The standard InChI is InChI=1S/C20H14F5N5O2/c21-13-5-2-6-26-16(13)18-28-27-17-14-9-32-8-10(7-29(17)18)30(14)19(31)11-3-1-4-12(15(11)22)20(23,24)25/h1-6,10,14H,7-9H2/t10-,14-/m1/s1. The third-order valence-corrected chi connectivity index (χ3v) is 5.53. The van der Waals surface area contributed by atoms with Crippen molar-refractivity contribution in [1.29, 1.82) is 0 Å². The molecule has 0 spiro atoms. The van der Waals surface area contributed by atoms with Crippen molar-refractivity contribution in [3.8, 4) is 11.5 Å². The number of hydrogen-bond acceptors (Lipinski definition) is 5. The fraction of sp³-hybridized carbons (Fsp3) is 0.300. The van der Waals surface area contributed by atoms with Crippen LogP contribution in [0.15, 0.2) is 36.5 Å². The Hall–Kier alpha value is -3.41. The summed E-state index contributed by atoms with van der Waals surface area (Å²) in [4.78, 5) is 18.5. The second-order valence-electron chi connectivity index (χ2n) is 7.41. The van der Waals surface area contributed by atoms with Gasteiger partial charge in [-0.3, -0.25) is 4.79 Å². The first-order chi connectivity index (χ1) is 15.3. The number of fused-ring (bicyclic) bond motifs is 4. The average Bonchev–Trinajstić information content (AvgIpc) is 3.16. The van der Waals surface area contributed by atoms with Crippen LogP contribution < -0.4 is 0 Å². The molecular weight excluding hydrogens is 437 g/mol. The van der Waals surface area contributed by atoms with Crippen LogP contribution in [0, 0.1) is 11.6 Å². The highest BCUT2D eigenvalue weighted by molar-refractivity contribution is 5.95. The summed E-state index contributed by atoms with van der Waals surface area (Å²) in [6.07, 6.45) is -3.54. The Balaban J connectivity index is 1.56. The first-order valence-corrected chi connectivity index (χ1v) is 9.57. The number of carbonyl (C=O) groups is 1. The number of alkyl halides is 3. The molecule has 0 radical (unpaired) electrons. The number of amides is 1. The van der Waals surface area contributed by atoms with Gasteiger partial charge in [0, 0.05) is 12.7 Å². The van der Waals surface area contributed by atoms with Crippen molar-refractivity contribution in [2.45, 2.75) is 24.8 Å². The molecular formula is C20H14F5N5O2. The first-order valence-electron chi connectivity index (χ1n) is 9.57. The minimum Gasteiger partial charge on any atom is -0.377 e. The van der Waals surface area contributed by atoms with Crippen LogP contribution in [-0.2, 0) is 17.5 Å². The predicted molar refractivity (Wildman–Crippen MR) is 98.1 cm³/mol. The van der Waals surface area contributed by atoms with Gasteiger partial charge in [0.2, 0.25) is 0 Å². The highest BCUT2D eigenvalue weighted by Crippen LogP contribution is 2.38. The predicted octanol–water partition coefficient (Wildman–Crippen LogP) is 3.23. The third-order valence-electron chi connectivity index (χ3n) is 5.53. The molecule has 1 saturated heterocycles. The number of morpholine rings is 1. The number of halogens is 5. The lowest BCUT2D eigenvalue weighted by atomic mass is 10.0. The number of pyridine rings is 1. The van der Waals surface area contributed by atoms with Crippen molar-refractivity contribution in [3.05, 3.63) is 65.1 Å². The quantitative estimate of drug-likeness (QED) is 0.560. The molecule has 3 aromatic rings. The van der Waals surface area contributed by atoms with Gasteiger partial charge < -0.3 is 14.2 Å². The van der Waals surface area contributed by atoms with E-state index in [0.717, 1.165) is 12.1 Å². The lowest BCUT2D eigenvalue weighted by Gasteiger charge is -2.45. The third kappa shape index (κ3) is 3.13. The summed E-state index contributed by atoms with van der Waals surface area (Å²) in [5, 5.41) is 8.07. The lowest BCUT2D eigenvalue weighted by Crippen LogP contribution is -2.56.